The van der Waals surface area contributed by atoms with Gasteiger partial charge in [-0.1, -0.05) is 23.7 Å². The van der Waals surface area contributed by atoms with E-state index in [1.165, 1.54) is 18.2 Å². The van der Waals surface area contributed by atoms with Gasteiger partial charge >= 0.3 is 0 Å². The van der Waals surface area contributed by atoms with E-state index in [9.17, 15) is 17.6 Å². The quantitative estimate of drug-likeness (QED) is 0.850. The molecule has 128 valence electrons. The Bertz CT molecular complexity index is 825. The average Bonchev–Trinajstić information content (AvgIpc) is 2.52. The van der Waals surface area contributed by atoms with Crippen molar-refractivity contribution in [3.8, 4) is 0 Å². The molecule has 5 nitrogen and oxygen atoms in total. The first-order chi connectivity index (χ1) is 11.3. The lowest BCUT2D eigenvalue weighted by Crippen LogP contribution is -2.38. The summed E-state index contributed by atoms with van der Waals surface area (Å²) in [5, 5.41) is 3.11. The molecule has 1 N–H and O–H groups in total. The summed E-state index contributed by atoms with van der Waals surface area (Å²) < 4.78 is 38.6. The van der Waals surface area contributed by atoms with E-state index >= 15 is 0 Å². The van der Waals surface area contributed by atoms with Gasteiger partial charge in [-0.15, -0.1) is 0 Å². The number of hydrogen-bond acceptors (Lipinski definition) is 3. The molecular weight excluding hydrogens is 355 g/mol. The van der Waals surface area contributed by atoms with Gasteiger partial charge in [-0.05, 0) is 36.4 Å². The number of carbonyl (C=O) groups excluding carboxylic acids is 1. The zero-order chi connectivity index (χ0) is 17.7. The lowest BCUT2D eigenvalue weighted by molar-refractivity contribution is 0.0955. The molecule has 0 aromatic heterocycles. The minimum Gasteiger partial charge on any atom is -0.350 e. The Labute approximate surface area is 145 Å². The highest BCUT2D eigenvalue weighted by Gasteiger charge is 2.20. The molecule has 0 saturated carbocycles. The smallest absolute Gasteiger partial charge is 0.251 e. The second-order valence-corrected chi connectivity index (χ2v) is 7.39. The Hall–Kier alpha value is -2.12. The predicted molar refractivity (Wildman–Crippen MR) is 92.4 cm³/mol. The van der Waals surface area contributed by atoms with E-state index in [1.807, 2.05) is 0 Å². The lowest BCUT2D eigenvalue weighted by atomic mass is 10.2. The maximum absolute atomic E-state index is 13.9. The maximum atomic E-state index is 13.9. The highest BCUT2D eigenvalue weighted by atomic mass is 35.5. The summed E-state index contributed by atoms with van der Waals surface area (Å²) in [6.45, 7) is -0.0536. The van der Waals surface area contributed by atoms with Gasteiger partial charge < -0.3 is 5.32 Å². The molecule has 0 aliphatic rings. The molecule has 8 heteroatoms. The Balaban J connectivity index is 2.05. The van der Waals surface area contributed by atoms with Gasteiger partial charge in [-0.2, -0.15) is 0 Å². The Morgan fingerprint density at radius 3 is 2.38 bits per heavy atom. The molecule has 0 bridgehead atoms. The van der Waals surface area contributed by atoms with Crippen molar-refractivity contribution >= 4 is 33.2 Å². The highest BCUT2D eigenvalue weighted by molar-refractivity contribution is 7.92. The standard InChI is InChI=1S/C16H16ClFN2O3S/c1-24(22,23)20(15-5-3-2-4-14(15)18)11-10-19-16(21)12-6-8-13(17)9-7-12/h2-9H,10-11H2,1H3,(H,19,21). The van der Waals surface area contributed by atoms with Crippen molar-refractivity contribution < 1.29 is 17.6 Å². The maximum Gasteiger partial charge on any atom is 0.251 e. The normalized spacial score (nSPS) is 11.1. The van der Waals surface area contributed by atoms with Crippen molar-refractivity contribution in [2.75, 3.05) is 23.7 Å². The van der Waals surface area contributed by atoms with Gasteiger partial charge in [-0.25, -0.2) is 12.8 Å². The Morgan fingerprint density at radius 1 is 1.17 bits per heavy atom. The first-order valence-electron chi connectivity index (χ1n) is 7.05. The summed E-state index contributed by atoms with van der Waals surface area (Å²) in [4.78, 5) is 12.0. The number of nitrogens with zero attached hydrogens (tertiary/aromatic N) is 1. The fraction of sp³-hybridized carbons (Fsp3) is 0.188. The molecule has 0 radical (unpaired) electrons. The molecule has 2 rings (SSSR count). The van der Waals surface area contributed by atoms with Crippen LogP contribution in [-0.2, 0) is 10.0 Å². The van der Waals surface area contributed by atoms with E-state index < -0.39 is 15.8 Å². The number of carbonyl (C=O) groups is 1. The van der Waals surface area contributed by atoms with Gasteiger partial charge in [0.1, 0.15) is 5.82 Å². The molecule has 0 unspecified atom stereocenters. The van der Waals surface area contributed by atoms with Crippen molar-refractivity contribution in [3.63, 3.8) is 0 Å². The minimum absolute atomic E-state index is 0.0306. The van der Waals surface area contributed by atoms with E-state index in [1.54, 1.807) is 30.3 Å². The van der Waals surface area contributed by atoms with Crippen LogP contribution in [0.25, 0.3) is 0 Å². The van der Waals surface area contributed by atoms with Gasteiger partial charge in [0, 0.05) is 17.1 Å². The molecule has 1 amide bonds. The van der Waals surface area contributed by atoms with Gasteiger partial charge in [0.2, 0.25) is 10.0 Å². The molecule has 0 heterocycles. The third kappa shape index (κ3) is 4.69. The lowest BCUT2D eigenvalue weighted by Gasteiger charge is -2.23. The number of anilines is 1. The van der Waals surface area contributed by atoms with Crippen molar-refractivity contribution in [1.82, 2.24) is 5.32 Å². The van der Waals surface area contributed by atoms with Crippen LogP contribution in [-0.4, -0.2) is 33.7 Å². The molecule has 2 aromatic rings. The summed E-state index contributed by atoms with van der Waals surface area (Å²) in [6.07, 6.45) is 0.987. The molecule has 2 aromatic carbocycles. The topological polar surface area (TPSA) is 66.5 Å². The first kappa shape index (κ1) is 18.2. The summed E-state index contributed by atoms with van der Waals surface area (Å²) in [5.41, 5.74) is 0.344. The molecule has 0 spiro atoms. The molecule has 0 saturated heterocycles. The average molecular weight is 371 g/mol. The molecule has 0 aliphatic carbocycles. The van der Waals surface area contributed by atoms with Crippen molar-refractivity contribution in [1.29, 1.82) is 0 Å². The van der Waals surface area contributed by atoms with E-state index in [4.69, 9.17) is 11.6 Å². The first-order valence-corrected chi connectivity index (χ1v) is 9.27. The number of rotatable bonds is 6. The third-order valence-electron chi connectivity index (χ3n) is 3.23. The highest BCUT2D eigenvalue weighted by Crippen LogP contribution is 2.20. The number of nitrogens with one attached hydrogen (secondary N) is 1. The molecule has 0 atom stereocenters. The van der Waals surface area contributed by atoms with Crippen LogP contribution in [0.15, 0.2) is 48.5 Å². The van der Waals surface area contributed by atoms with Gasteiger partial charge in [0.15, 0.2) is 0 Å². The fourth-order valence-corrected chi connectivity index (χ4v) is 3.15. The van der Waals surface area contributed by atoms with Gasteiger partial charge in [-0.3, -0.25) is 9.10 Å². The second kappa shape index (κ2) is 7.63. The zero-order valence-corrected chi connectivity index (χ0v) is 14.4. The summed E-state index contributed by atoms with van der Waals surface area (Å²) in [7, 11) is -3.68. The number of benzene rings is 2. The SMILES string of the molecule is CS(=O)(=O)N(CCNC(=O)c1ccc(Cl)cc1)c1ccccc1F. The van der Waals surface area contributed by atoms with Crippen LogP contribution in [0.2, 0.25) is 5.02 Å². The van der Waals surface area contributed by atoms with Crippen LogP contribution < -0.4 is 9.62 Å². The Morgan fingerprint density at radius 2 is 1.79 bits per heavy atom. The van der Waals surface area contributed by atoms with Crippen LogP contribution in [0.4, 0.5) is 10.1 Å². The minimum atomic E-state index is -3.68. The molecule has 0 fully saturated rings. The van der Waals surface area contributed by atoms with E-state index in [-0.39, 0.29) is 24.7 Å². The largest absolute Gasteiger partial charge is 0.350 e. The number of para-hydroxylation sites is 1. The van der Waals surface area contributed by atoms with Crippen molar-refractivity contribution in [2.45, 2.75) is 0 Å². The Kier molecular flexibility index (Phi) is 5.80. The monoisotopic (exact) mass is 370 g/mol. The second-order valence-electron chi connectivity index (χ2n) is 5.05. The van der Waals surface area contributed by atoms with Crippen LogP contribution in [0.1, 0.15) is 10.4 Å². The van der Waals surface area contributed by atoms with Gasteiger partial charge in [0.25, 0.3) is 5.91 Å². The third-order valence-corrected chi connectivity index (χ3v) is 4.66. The van der Waals surface area contributed by atoms with E-state index in [0.717, 1.165) is 10.6 Å². The van der Waals surface area contributed by atoms with Gasteiger partial charge in [0.05, 0.1) is 18.5 Å². The van der Waals surface area contributed by atoms with Crippen molar-refractivity contribution in [3.05, 3.63) is 64.9 Å². The molecule has 0 aliphatic heterocycles. The number of amides is 1. The summed E-state index contributed by atoms with van der Waals surface area (Å²) in [6, 6.07) is 11.9. The van der Waals surface area contributed by atoms with Crippen LogP contribution >= 0.6 is 11.6 Å². The summed E-state index contributed by atoms with van der Waals surface area (Å²) in [5.74, 6) is -1.01. The number of halogens is 2. The van der Waals surface area contributed by atoms with Crippen LogP contribution in [0, 0.1) is 5.82 Å². The fourth-order valence-electron chi connectivity index (χ4n) is 2.09. The van der Waals surface area contributed by atoms with Crippen LogP contribution in [0.5, 0.6) is 0 Å². The van der Waals surface area contributed by atoms with Crippen LogP contribution in [0.3, 0.4) is 0 Å². The summed E-state index contributed by atoms with van der Waals surface area (Å²) >= 11 is 5.75. The van der Waals surface area contributed by atoms with E-state index in [2.05, 4.69) is 5.32 Å². The predicted octanol–water partition coefficient (Wildman–Crippen LogP) is 2.68. The molecule has 24 heavy (non-hydrogen) atoms. The molecular formula is C16H16ClFN2O3S. The number of hydrogen-bond donors (Lipinski definition) is 1. The van der Waals surface area contributed by atoms with Crippen molar-refractivity contribution in [2.24, 2.45) is 0 Å². The van der Waals surface area contributed by atoms with E-state index in [0.29, 0.717) is 10.6 Å². The zero-order valence-electron chi connectivity index (χ0n) is 12.9. The number of sulfonamides is 1.